The highest BCUT2D eigenvalue weighted by molar-refractivity contribution is 6.43. The molecule has 0 aromatic heterocycles. The summed E-state index contributed by atoms with van der Waals surface area (Å²) < 4.78 is 0. The van der Waals surface area contributed by atoms with Crippen molar-refractivity contribution in [2.24, 2.45) is 39.7 Å². The monoisotopic (exact) mass is 319 g/mol. The van der Waals surface area contributed by atoms with Crippen molar-refractivity contribution in [3.8, 4) is 0 Å². The van der Waals surface area contributed by atoms with Crippen LogP contribution >= 0.6 is 0 Å². The van der Waals surface area contributed by atoms with Crippen LogP contribution in [0.15, 0.2) is 5.16 Å². The molecule has 4 heteroatoms. The van der Waals surface area contributed by atoms with Gasteiger partial charge in [-0.2, -0.15) is 0 Å². The van der Waals surface area contributed by atoms with Gasteiger partial charge in [-0.15, -0.1) is 0 Å². The van der Waals surface area contributed by atoms with Crippen LogP contribution in [0.25, 0.3) is 0 Å². The van der Waals surface area contributed by atoms with Gasteiger partial charge in [0.15, 0.2) is 5.78 Å². The third kappa shape index (κ3) is 2.00. The van der Waals surface area contributed by atoms with E-state index in [1.54, 1.807) is 0 Å². The molecule has 2 N–H and O–H groups in total. The Balaban J connectivity index is 1.66. The number of Topliss-reactive ketones (excluding diaryl/α,β-unsaturated/α-hetero) is 1. The average molecular weight is 319 g/mol. The van der Waals surface area contributed by atoms with E-state index >= 15 is 0 Å². The van der Waals surface area contributed by atoms with Crippen LogP contribution in [0, 0.1) is 34.5 Å². The van der Waals surface area contributed by atoms with E-state index in [1.165, 1.54) is 12.8 Å². The molecule has 4 aliphatic carbocycles. The zero-order valence-electron chi connectivity index (χ0n) is 14.3. The molecular formula is C19H29NO3. The Morgan fingerprint density at radius 3 is 2.61 bits per heavy atom. The molecule has 0 aromatic rings. The first kappa shape index (κ1) is 15.6. The van der Waals surface area contributed by atoms with Crippen LogP contribution in [0.4, 0.5) is 0 Å². The van der Waals surface area contributed by atoms with Crippen molar-refractivity contribution in [3.63, 3.8) is 0 Å². The second kappa shape index (κ2) is 5.05. The minimum absolute atomic E-state index is 0.0924. The molecule has 128 valence electrons. The lowest BCUT2D eigenvalue weighted by Gasteiger charge is -2.59. The molecule has 0 spiro atoms. The van der Waals surface area contributed by atoms with Crippen molar-refractivity contribution in [2.75, 3.05) is 0 Å². The number of ketones is 1. The van der Waals surface area contributed by atoms with E-state index in [9.17, 15) is 15.1 Å². The van der Waals surface area contributed by atoms with E-state index in [0.29, 0.717) is 41.2 Å². The van der Waals surface area contributed by atoms with E-state index in [2.05, 4.69) is 19.0 Å². The molecule has 0 bridgehead atoms. The lowest BCUT2D eigenvalue weighted by molar-refractivity contribution is -0.141. The summed E-state index contributed by atoms with van der Waals surface area (Å²) in [5, 5.41) is 22.6. The summed E-state index contributed by atoms with van der Waals surface area (Å²) in [6.07, 6.45) is 7.97. The van der Waals surface area contributed by atoms with Crippen LogP contribution in [-0.2, 0) is 4.79 Å². The number of fused-ring (bicyclic) bond motifs is 5. The summed E-state index contributed by atoms with van der Waals surface area (Å²) in [5.41, 5.74) is 0.427. The molecule has 0 aliphatic heterocycles. The molecule has 0 radical (unpaired) electrons. The first-order chi connectivity index (χ1) is 10.9. The molecule has 0 aromatic carbocycles. The zero-order chi connectivity index (χ0) is 16.4. The number of carbonyl (C=O) groups is 1. The Hall–Kier alpha value is -0.900. The number of nitrogens with zero attached hydrogens (tertiary/aromatic N) is 1. The number of hydrogen-bond acceptors (Lipinski definition) is 4. The predicted octanol–water partition coefficient (Wildman–Crippen LogP) is 3.40. The largest absolute Gasteiger partial charge is 0.411 e. The molecule has 0 saturated heterocycles. The minimum atomic E-state index is -0.305. The first-order valence-corrected chi connectivity index (χ1v) is 9.34. The highest BCUT2D eigenvalue weighted by atomic mass is 16.4. The van der Waals surface area contributed by atoms with Gasteiger partial charge in [0.2, 0.25) is 0 Å². The number of rotatable bonds is 0. The summed E-state index contributed by atoms with van der Waals surface area (Å²) in [7, 11) is 0. The smallest absolute Gasteiger partial charge is 0.186 e. The van der Waals surface area contributed by atoms with E-state index < -0.39 is 0 Å². The highest BCUT2D eigenvalue weighted by Crippen LogP contribution is 2.65. The Morgan fingerprint density at radius 2 is 1.87 bits per heavy atom. The Morgan fingerprint density at radius 1 is 1.09 bits per heavy atom. The highest BCUT2D eigenvalue weighted by Gasteiger charge is 2.61. The Labute approximate surface area is 138 Å². The quantitative estimate of drug-likeness (QED) is 0.531. The summed E-state index contributed by atoms with van der Waals surface area (Å²) in [5.74, 6) is 2.32. The molecule has 4 aliphatic rings. The van der Waals surface area contributed by atoms with Crippen molar-refractivity contribution in [1.29, 1.82) is 0 Å². The SMILES string of the molecule is CC12CCC3C(CCC4CC(O)CCC43C)C1CC(=NO)C2=O. The Bertz CT molecular complexity index is 559. The second-order valence-electron chi connectivity index (χ2n) is 9.12. The van der Waals surface area contributed by atoms with Gasteiger partial charge in [0.1, 0.15) is 5.71 Å². The topological polar surface area (TPSA) is 69.9 Å². The van der Waals surface area contributed by atoms with Gasteiger partial charge in [0.25, 0.3) is 0 Å². The van der Waals surface area contributed by atoms with E-state index in [1.807, 2.05) is 0 Å². The lowest BCUT2D eigenvalue weighted by atomic mass is 9.45. The number of oxime groups is 1. The molecule has 7 atom stereocenters. The lowest BCUT2D eigenvalue weighted by Crippen LogP contribution is -2.54. The van der Waals surface area contributed by atoms with Gasteiger partial charge in [-0.3, -0.25) is 4.79 Å². The van der Waals surface area contributed by atoms with Crippen LogP contribution in [0.2, 0.25) is 0 Å². The maximum absolute atomic E-state index is 12.6. The van der Waals surface area contributed by atoms with Crippen molar-refractivity contribution < 1.29 is 15.1 Å². The molecule has 4 saturated carbocycles. The normalized spacial score (nSPS) is 54.5. The molecule has 4 nitrogen and oxygen atoms in total. The third-order valence-corrected chi connectivity index (χ3v) is 8.34. The first-order valence-electron chi connectivity index (χ1n) is 9.34. The fourth-order valence-corrected chi connectivity index (χ4v) is 6.93. The van der Waals surface area contributed by atoms with E-state index in [4.69, 9.17) is 0 Å². The van der Waals surface area contributed by atoms with E-state index in [-0.39, 0.29) is 17.3 Å². The van der Waals surface area contributed by atoms with Gasteiger partial charge >= 0.3 is 0 Å². The van der Waals surface area contributed by atoms with Crippen molar-refractivity contribution in [3.05, 3.63) is 0 Å². The van der Waals surface area contributed by atoms with Gasteiger partial charge in [0.05, 0.1) is 6.10 Å². The van der Waals surface area contributed by atoms with Crippen molar-refractivity contribution >= 4 is 11.5 Å². The van der Waals surface area contributed by atoms with Crippen LogP contribution in [0.3, 0.4) is 0 Å². The number of aliphatic hydroxyl groups excluding tert-OH is 1. The number of aliphatic hydroxyl groups is 1. The van der Waals surface area contributed by atoms with Crippen LogP contribution in [0.1, 0.15) is 65.2 Å². The van der Waals surface area contributed by atoms with Crippen molar-refractivity contribution in [2.45, 2.75) is 71.3 Å². The molecule has 7 unspecified atom stereocenters. The van der Waals surface area contributed by atoms with Crippen LogP contribution in [-0.4, -0.2) is 27.9 Å². The average Bonchev–Trinajstić information content (AvgIpc) is 2.79. The molecule has 0 amide bonds. The van der Waals surface area contributed by atoms with Gasteiger partial charge in [-0.25, -0.2) is 0 Å². The zero-order valence-corrected chi connectivity index (χ0v) is 14.3. The minimum Gasteiger partial charge on any atom is -0.411 e. The molecule has 4 rings (SSSR count). The number of hydrogen-bond donors (Lipinski definition) is 2. The van der Waals surface area contributed by atoms with Gasteiger partial charge in [0, 0.05) is 11.8 Å². The van der Waals surface area contributed by atoms with Gasteiger partial charge in [-0.1, -0.05) is 19.0 Å². The summed E-state index contributed by atoms with van der Waals surface area (Å²) in [6, 6.07) is 0. The summed E-state index contributed by atoms with van der Waals surface area (Å²) in [6.45, 7) is 4.55. The molecule has 0 heterocycles. The third-order valence-electron chi connectivity index (χ3n) is 8.34. The fourth-order valence-electron chi connectivity index (χ4n) is 6.93. The molecular weight excluding hydrogens is 290 g/mol. The fraction of sp³-hybridized carbons (Fsp3) is 0.895. The summed E-state index contributed by atoms with van der Waals surface area (Å²) >= 11 is 0. The van der Waals surface area contributed by atoms with Crippen LogP contribution in [0.5, 0.6) is 0 Å². The maximum atomic E-state index is 12.6. The van der Waals surface area contributed by atoms with Crippen LogP contribution < -0.4 is 0 Å². The molecule has 4 fully saturated rings. The standard InChI is InChI=1S/C19H29NO3/c1-18-7-5-12(21)9-11(18)3-4-13-14(18)6-8-19(2)15(13)10-16(20-23)17(19)22/h11-15,21,23H,3-10H2,1-2H3. The second-order valence-corrected chi connectivity index (χ2v) is 9.12. The Kier molecular flexibility index (Phi) is 3.43. The molecule has 23 heavy (non-hydrogen) atoms. The number of carbonyl (C=O) groups excluding carboxylic acids is 1. The predicted molar refractivity (Wildman–Crippen MR) is 87.3 cm³/mol. The summed E-state index contributed by atoms with van der Waals surface area (Å²) in [4.78, 5) is 12.6. The van der Waals surface area contributed by atoms with E-state index in [0.717, 1.165) is 32.1 Å². The van der Waals surface area contributed by atoms with Crippen molar-refractivity contribution in [1.82, 2.24) is 0 Å². The van der Waals surface area contributed by atoms with Gasteiger partial charge < -0.3 is 10.3 Å². The van der Waals surface area contributed by atoms with Gasteiger partial charge in [-0.05, 0) is 74.0 Å². The maximum Gasteiger partial charge on any atom is 0.186 e.